The molecule has 0 N–H and O–H groups in total. The van der Waals surface area contributed by atoms with E-state index in [4.69, 9.17) is 4.42 Å². The highest BCUT2D eigenvalue weighted by Crippen LogP contribution is 2.29. The Morgan fingerprint density at radius 1 is 1.37 bits per heavy atom. The molecule has 2 amide bonds. The normalized spacial score (nSPS) is 15.1. The number of rotatable bonds is 6. The maximum Gasteiger partial charge on any atom is 0.273 e. The van der Waals surface area contributed by atoms with E-state index in [2.05, 4.69) is 11.9 Å². The molecule has 0 radical (unpaired) electrons. The molecule has 1 saturated heterocycles. The predicted octanol–water partition coefficient (Wildman–Crippen LogP) is 3.82. The van der Waals surface area contributed by atoms with Crippen LogP contribution in [0.2, 0.25) is 0 Å². The largest absolute Gasteiger partial charge is 0.462 e. The number of thiazole rings is 1. The molecule has 6 nitrogen and oxygen atoms in total. The summed E-state index contributed by atoms with van der Waals surface area (Å²) in [5.41, 5.74) is 0.497. The third-order valence-electron chi connectivity index (χ3n) is 5.09. The van der Waals surface area contributed by atoms with Crippen LogP contribution < -0.4 is 0 Å². The molecule has 3 rings (SSSR count). The van der Waals surface area contributed by atoms with Crippen molar-refractivity contribution in [1.29, 1.82) is 0 Å². The average Bonchev–Trinajstić information content (AvgIpc) is 3.34. The molecule has 2 aromatic rings. The number of aryl methyl sites for hydroxylation is 1. The Bertz CT molecular complexity index is 777. The minimum atomic E-state index is -0.0493. The molecule has 0 aromatic carbocycles. The summed E-state index contributed by atoms with van der Waals surface area (Å²) in [7, 11) is 1.88. The molecule has 0 atom stereocenters. The molecule has 0 bridgehead atoms. The minimum Gasteiger partial charge on any atom is -0.462 e. The molecule has 3 heterocycles. The zero-order chi connectivity index (χ0) is 19.4. The number of nitrogens with zero attached hydrogens (tertiary/aromatic N) is 3. The summed E-state index contributed by atoms with van der Waals surface area (Å²) in [6.07, 6.45) is 5.15. The van der Waals surface area contributed by atoms with Gasteiger partial charge in [0.15, 0.2) is 10.8 Å². The molecule has 0 aliphatic carbocycles. The van der Waals surface area contributed by atoms with E-state index in [1.165, 1.54) is 11.3 Å². The molecule has 1 fully saturated rings. The summed E-state index contributed by atoms with van der Waals surface area (Å²) in [6, 6.07) is 3.66. The third kappa shape index (κ3) is 4.40. The van der Waals surface area contributed by atoms with E-state index in [1.54, 1.807) is 6.26 Å². The van der Waals surface area contributed by atoms with E-state index in [9.17, 15) is 9.59 Å². The first-order valence-corrected chi connectivity index (χ1v) is 10.4. The molecule has 1 aliphatic heterocycles. The smallest absolute Gasteiger partial charge is 0.273 e. The fourth-order valence-electron chi connectivity index (χ4n) is 3.40. The van der Waals surface area contributed by atoms with Crippen LogP contribution in [0.25, 0.3) is 10.8 Å². The van der Waals surface area contributed by atoms with Crippen molar-refractivity contribution >= 4 is 23.2 Å². The van der Waals surface area contributed by atoms with Crippen LogP contribution in [0.1, 0.15) is 48.0 Å². The van der Waals surface area contributed by atoms with Crippen LogP contribution in [0, 0.1) is 12.8 Å². The number of hydrogen-bond acceptors (Lipinski definition) is 5. The lowest BCUT2D eigenvalue weighted by atomic mass is 9.95. The van der Waals surface area contributed by atoms with Gasteiger partial charge < -0.3 is 14.2 Å². The monoisotopic (exact) mass is 389 g/mol. The summed E-state index contributed by atoms with van der Waals surface area (Å²) < 4.78 is 5.38. The number of furan rings is 1. The van der Waals surface area contributed by atoms with E-state index in [0.717, 1.165) is 42.1 Å². The molecule has 0 spiro atoms. The van der Waals surface area contributed by atoms with E-state index < -0.39 is 0 Å². The fourth-order valence-corrected chi connectivity index (χ4v) is 4.27. The topological polar surface area (TPSA) is 66.7 Å². The Hall–Kier alpha value is -2.15. The van der Waals surface area contributed by atoms with Gasteiger partial charge in [-0.2, -0.15) is 0 Å². The van der Waals surface area contributed by atoms with Gasteiger partial charge in [-0.25, -0.2) is 4.98 Å². The third-order valence-corrected chi connectivity index (χ3v) is 6.07. The quantitative estimate of drug-likeness (QED) is 0.753. The molecule has 146 valence electrons. The fraction of sp³-hybridized carbons (Fsp3) is 0.550. The van der Waals surface area contributed by atoms with Gasteiger partial charge in [-0.1, -0.05) is 13.3 Å². The molecule has 2 aromatic heterocycles. The molecular weight excluding hydrogens is 362 g/mol. The molecule has 1 aliphatic rings. The number of aromatic nitrogens is 1. The SMILES string of the molecule is CCCCN(C)C(=O)C1CCN(C(=O)c2nc(-c3ccco3)sc2C)CC1. The van der Waals surface area contributed by atoms with E-state index in [0.29, 0.717) is 24.5 Å². The number of likely N-dealkylation sites (tertiary alicyclic amines) is 1. The van der Waals surface area contributed by atoms with Crippen molar-refractivity contribution in [3.63, 3.8) is 0 Å². The highest BCUT2D eigenvalue weighted by Gasteiger charge is 2.31. The molecule has 7 heteroatoms. The van der Waals surface area contributed by atoms with Gasteiger partial charge in [0.1, 0.15) is 5.69 Å². The van der Waals surface area contributed by atoms with Crippen molar-refractivity contribution in [1.82, 2.24) is 14.8 Å². The minimum absolute atomic E-state index is 0.0196. The zero-order valence-corrected chi connectivity index (χ0v) is 17.1. The van der Waals surface area contributed by atoms with Gasteiger partial charge in [0.05, 0.1) is 6.26 Å². The highest BCUT2D eigenvalue weighted by atomic mass is 32.1. The predicted molar refractivity (Wildman–Crippen MR) is 106 cm³/mol. The number of piperidine rings is 1. The lowest BCUT2D eigenvalue weighted by Gasteiger charge is -2.33. The first-order chi connectivity index (χ1) is 13.0. The van der Waals surface area contributed by atoms with Gasteiger partial charge >= 0.3 is 0 Å². The van der Waals surface area contributed by atoms with Crippen LogP contribution in [0.3, 0.4) is 0 Å². The van der Waals surface area contributed by atoms with Crippen LogP contribution in [0.5, 0.6) is 0 Å². The molecule has 0 saturated carbocycles. The maximum absolute atomic E-state index is 12.9. The van der Waals surface area contributed by atoms with Gasteiger partial charge in [0.2, 0.25) is 5.91 Å². The van der Waals surface area contributed by atoms with Crippen molar-refractivity contribution in [2.24, 2.45) is 5.92 Å². The number of hydrogen-bond donors (Lipinski definition) is 0. The van der Waals surface area contributed by atoms with Crippen molar-refractivity contribution in [2.45, 2.75) is 39.5 Å². The Balaban J connectivity index is 1.60. The highest BCUT2D eigenvalue weighted by molar-refractivity contribution is 7.15. The summed E-state index contributed by atoms with van der Waals surface area (Å²) >= 11 is 1.47. The number of carbonyl (C=O) groups is 2. The van der Waals surface area contributed by atoms with Crippen molar-refractivity contribution in [2.75, 3.05) is 26.7 Å². The Morgan fingerprint density at radius 2 is 2.11 bits per heavy atom. The molecule has 27 heavy (non-hydrogen) atoms. The van der Waals surface area contributed by atoms with Gasteiger partial charge in [-0.3, -0.25) is 9.59 Å². The van der Waals surface area contributed by atoms with Gasteiger partial charge in [-0.05, 0) is 38.3 Å². The lowest BCUT2D eigenvalue weighted by molar-refractivity contribution is -0.135. The van der Waals surface area contributed by atoms with Crippen LogP contribution in [0.4, 0.5) is 0 Å². The first kappa shape index (κ1) is 19.6. The summed E-state index contributed by atoms with van der Waals surface area (Å²) in [6.45, 7) is 6.05. The van der Waals surface area contributed by atoms with Crippen LogP contribution in [-0.4, -0.2) is 53.3 Å². The Morgan fingerprint density at radius 3 is 2.74 bits per heavy atom. The molecular formula is C20H27N3O3S. The number of unbranched alkanes of at least 4 members (excludes halogenated alkanes) is 1. The first-order valence-electron chi connectivity index (χ1n) is 9.56. The van der Waals surface area contributed by atoms with E-state index in [1.807, 2.05) is 35.9 Å². The second-order valence-electron chi connectivity index (χ2n) is 7.08. The summed E-state index contributed by atoms with van der Waals surface area (Å²) in [5.74, 6) is 0.861. The molecule has 0 unspecified atom stereocenters. The van der Waals surface area contributed by atoms with Crippen LogP contribution in [0.15, 0.2) is 22.8 Å². The van der Waals surface area contributed by atoms with Crippen LogP contribution in [-0.2, 0) is 4.79 Å². The summed E-state index contributed by atoms with van der Waals surface area (Å²) in [5, 5.41) is 0.725. The van der Waals surface area contributed by atoms with E-state index in [-0.39, 0.29) is 17.7 Å². The van der Waals surface area contributed by atoms with Crippen molar-refractivity contribution < 1.29 is 14.0 Å². The van der Waals surface area contributed by atoms with Crippen LogP contribution >= 0.6 is 11.3 Å². The second-order valence-corrected chi connectivity index (χ2v) is 8.28. The number of amides is 2. The van der Waals surface area contributed by atoms with E-state index >= 15 is 0 Å². The average molecular weight is 390 g/mol. The maximum atomic E-state index is 12.9. The number of carbonyl (C=O) groups excluding carboxylic acids is 2. The van der Waals surface area contributed by atoms with Gasteiger partial charge in [0.25, 0.3) is 5.91 Å². The summed E-state index contributed by atoms with van der Waals surface area (Å²) in [4.78, 5) is 34.5. The van der Waals surface area contributed by atoms with Crippen molar-refractivity contribution in [3.8, 4) is 10.8 Å². The lowest BCUT2D eigenvalue weighted by Crippen LogP contribution is -2.43. The zero-order valence-electron chi connectivity index (χ0n) is 16.2. The standard InChI is InChI=1S/C20H27N3O3S/c1-4-5-10-22(3)19(24)15-8-11-23(12-9-15)20(25)17-14(2)27-18(21-17)16-7-6-13-26-16/h6-7,13,15H,4-5,8-12H2,1-3H3. The second kappa shape index (κ2) is 8.69. The Kier molecular flexibility index (Phi) is 6.31. The van der Waals surface area contributed by atoms with Gasteiger partial charge in [0, 0.05) is 37.5 Å². The van der Waals surface area contributed by atoms with Gasteiger partial charge in [-0.15, -0.1) is 11.3 Å². The Labute approximate surface area is 164 Å². The van der Waals surface area contributed by atoms with Crippen molar-refractivity contribution in [3.05, 3.63) is 29.0 Å².